The number of nitrogens with two attached hydrogens (primary N) is 1. The summed E-state index contributed by atoms with van der Waals surface area (Å²) < 4.78 is 14.7. The molecule has 3 amide bonds. The molecule has 2 saturated heterocycles. The van der Waals surface area contributed by atoms with Crippen molar-refractivity contribution in [3.63, 3.8) is 0 Å². The zero-order valence-corrected chi connectivity index (χ0v) is 17.3. The summed E-state index contributed by atoms with van der Waals surface area (Å²) in [5, 5.41) is -0.185. The molecule has 3 aliphatic rings. The van der Waals surface area contributed by atoms with Gasteiger partial charge < -0.3 is 10.6 Å². The second-order valence-corrected chi connectivity index (χ2v) is 9.63. The van der Waals surface area contributed by atoms with E-state index >= 15 is 0 Å². The van der Waals surface area contributed by atoms with Crippen LogP contribution in [0.15, 0.2) is 0 Å². The molecule has 2 fully saturated rings. The van der Waals surface area contributed by atoms with Gasteiger partial charge in [0.25, 0.3) is 5.91 Å². The molecule has 15 heteroatoms. The summed E-state index contributed by atoms with van der Waals surface area (Å²) in [6.45, 7) is 0. The molecule has 6 nitrogen and oxygen atoms in total. The highest BCUT2D eigenvalue weighted by atomic mass is 19.1. The first kappa shape index (κ1) is 19.4. The Morgan fingerprint density at radius 2 is 1.57 bits per heavy atom. The number of rotatable bonds is 0. The normalized spacial score (nSPS) is 35.0. The third kappa shape index (κ3) is 1.65. The molecular formula is C13H18B8FN3O3. The minimum Gasteiger partial charge on any atom is -0.399 e. The van der Waals surface area contributed by atoms with Crippen LogP contribution in [0.3, 0.4) is 0 Å². The van der Waals surface area contributed by atoms with Gasteiger partial charge in [0.05, 0.1) is 5.44 Å². The number of carbonyl (C=O) groups excluding carboxylic acids is 3. The van der Waals surface area contributed by atoms with Crippen LogP contribution in [0.4, 0.5) is 10.1 Å². The predicted octanol–water partition coefficient (Wildman–Crippen LogP) is -9.31. The van der Waals surface area contributed by atoms with Gasteiger partial charge in [0.2, 0.25) is 11.8 Å². The van der Waals surface area contributed by atoms with Crippen LogP contribution in [0.1, 0.15) is 15.9 Å². The third-order valence-electron chi connectivity index (χ3n) is 8.24. The first-order valence-corrected chi connectivity index (χ1v) is 9.47. The van der Waals surface area contributed by atoms with Crippen LogP contribution in [0.5, 0.6) is 0 Å². The first-order chi connectivity index (χ1) is 12.7. The van der Waals surface area contributed by atoms with E-state index in [1.807, 2.05) is 15.7 Å². The predicted molar refractivity (Wildman–Crippen MR) is 126 cm³/mol. The fraction of sp³-hybridized carbons (Fsp3) is 0.308. The lowest BCUT2D eigenvalue weighted by Gasteiger charge is -2.56. The molecule has 1 aromatic carbocycles. The van der Waals surface area contributed by atoms with E-state index in [1.54, 1.807) is 44.1 Å². The van der Waals surface area contributed by atoms with Gasteiger partial charge in [0, 0.05) is 16.6 Å². The molecule has 0 saturated carbocycles. The maximum atomic E-state index is 14.7. The second-order valence-electron chi connectivity index (χ2n) is 9.63. The summed E-state index contributed by atoms with van der Waals surface area (Å²) in [6, 6.07) is 0. The summed E-state index contributed by atoms with van der Waals surface area (Å²) in [5.74, 6) is -1.76. The number of halogens is 1. The summed E-state index contributed by atoms with van der Waals surface area (Å²) >= 11 is 0. The number of benzene rings is 1. The van der Waals surface area contributed by atoms with Gasteiger partial charge in [-0.2, -0.15) is 0 Å². The fourth-order valence-corrected chi connectivity index (χ4v) is 6.08. The number of amides is 3. The number of fused-ring (bicyclic) bond motifs is 5. The lowest BCUT2D eigenvalue weighted by Crippen LogP contribution is -2.73. The standard InChI is InChI=1S/C13H18B8FN3O3/c14-3-1-2(6(23)4(15)5(3)22)12(19)21-13(20)10(16,17)8(27)24-9(28)11(13,18)25(12)7(1)26/h21H,14-20,23H2,(H,24,27,28). The highest BCUT2D eigenvalue weighted by Crippen LogP contribution is 2.66. The molecule has 0 spiro atoms. The molecule has 28 heavy (non-hydrogen) atoms. The molecule has 134 valence electrons. The van der Waals surface area contributed by atoms with Crippen LogP contribution < -0.4 is 22.0 Å². The van der Waals surface area contributed by atoms with Gasteiger partial charge >= 0.3 is 0 Å². The van der Waals surface area contributed by atoms with Crippen molar-refractivity contribution in [2.45, 2.75) is 21.2 Å². The number of imide groups is 1. The summed E-state index contributed by atoms with van der Waals surface area (Å²) in [5.41, 5.74) is 6.66. The highest BCUT2D eigenvalue weighted by molar-refractivity contribution is 6.78. The monoisotopic (exact) mass is 371 g/mol. The minimum absolute atomic E-state index is 0.242. The van der Waals surface area contributed by atoms with Crippen LogP contribution in [0.25, 0.3) is 0 Å². The molecule has 0 bridgehead atoms. The van der Waals surface area contributed by atoms with Crippen LogP contribution >= 0.6 is 0 Å². The van der Waals surface area contributed by atoms with E-state index in [0.717, 1.165) is 0 Å². The Bertz CT molecular complexity index is 1040. The number of nitrogens with zero attached hydrogens (tertiary/aromatic N) is 1. The number of hydrogen-bond acceptors (Lipinski definition) is 4. The van der Waals surface area contributed by atoms with E-state index in [1.165, 1.54) is 0 Å². The average molecular weight is 370 g/mol. The van der Waals surface area contributed by atoms with Gasteiger partial charge in [-0.25, -0.2) is 4.39 Å². The maximum absolute atomic E-state index is 14.7. The van der Waals surface area contributed by atoms with Crippen molar-refractivity contribution >= 4 is 96.5 Å². The molecule has 3 heterocycles. The van der Waals surface area contributed by atoms with E-state index in [2.05, 4.69) is 5.32 Å². The van der Waals surface area contributed by atoms with Crippen LogP contribution in [0, 0.1) is 5.82 Å². The molecule has 1 aromatic rings. The van der Waals surface area contributed by atoms with Gasteiger partial charge in [-0.3, -0.25) is 19.7 Å². The number of hydrogen-bond donors (Lipinski definition) is 2. The van der Waals surface area contributed by atoms with Crippen molar-refractivity contribution < 1.29 is 18.8 Å². The summed E-state index contributed by atoms with van der Waals surface area (Å²) in [4.78, 5) is 41.0. The van der Waals surface area contributed by atoms with E-state index in [-0.39, 0.29) is 22.6 Å². The second kappa shape index (κ2) is 4.97. The van der Waals surface area contributed by atoms with E-state index in [9.17, 15) is 18.8 Å². The average Bonchev–Trinajstić information content (AvgIpc) is 2.94. The van der Waals surface area contributed by atoms with Gasteiger partial charge in [0.1, 0.15) is 68.0 Å². The third-order valence-corrected chi connectivity index (χ3v) is 8.24. The Hall–Kier alpha value is -1.92. The van der Waals surface area contributed by atoms with Gasteiger partial charge in [-0.1, -0.05) is 5.21 Å². The topological polar surface area (TPSA) is 92.5 Å². The molecule has 3 N–H and O–H groups in total. The fourth-order valence-electron chi connectivity index (χ4n) is 6.08. The van der Waals surface area contributed by atoms with Crippen molar-refractivity contribution in [2.24, 2.45) is 0 Å². The Morgan fingerprint density at radius 1 is 1.00 bits per heavy atom. The molecule has 3 unspecified atom stereocenters. The Kier molecular flexibility index (Phi) is 3.44. The molecule has 0 radical (unpaired) electrons. The van der Waals surface area contributed by atoms with Gasteiger partial charge in [0.15, 0.2) is 0 Å². The highest BCUT2D eigenvalue weighted by Gasteiger charge is 2.76. The number of piperidine rings is 1. The van der Waals surface area contributed by atoms with Crippen molar-refractivity contribution in [1.82, 2.24) is 10.2 Å². The van der Waals surface area contributed by atoms with E-state index in [4.69, 9.17) is 5.73 Å². The van der Waals surface area contributed by atoms with E-state index in [0.29, 0.717) is 18.3 Å². The van der Waals surface area contributed by atoms with Crippen molar-refractivity contribution in [2.75, 3.05) is 5.73 Å². The molecule has 0 aromatic heterocycles. The van der Waals surface area contributed by atoms with Crippen LogP contribution in [0.2, 0.25) is 10.4 Å². The summed E-state index contributed by atoms with van der Waals surface area (Å²) in [6.07, 6.45) is 0. The molecule has 0 aliphatic carbocycles. The maximum Gasteiger partial charge on any atom is 0.253 e. The lowest BCUT2D eigenvalue weighted by molar-refractivity contribution is -0.139. The van der Waals surface area contributed by atoms with Crippen molar-refractivity contribution in [1.29, 1.82) is 0 Å². The largest absolute Gasteiger partial charge is 0.399 e. The first-order valence-electron chi connectivity index (χ1n) is 9.47. The molecular weight excluding hydrogens is 352 g/mol. The quantitative estimate of drug-likeness (QED) is 0.270. The SMILES string of the molecule is Bc1c(N)c2c(c(B)c1F)C(=O)N1C2(B)BC2(B)C(B)(B)C(=O)NC(=O)C12B. The van der Waals surface area contributed by atoms with Gasteiger partial charge in [-0.15, -0.1) is 0 Å². The number of nitrogens with one attached hydrogen (secondary N) is 1. The Labute approximate surface area is 169 Å². The number of carbonyl (C=O) groups is 3. The number of anilines is 1. The number of nitrogen functional groups attached to an aromatic ring is 1. The van der Waals surface area contributed by atoms with Crippen molar-refractivity contribution in [3.05, 3.63) is 16.9 Å². The van der Waals surface area contributed by atoms with Crippen molar-refractivity contribution in [3.8, 4) is 0 Å². The minimum atomic E-state index is -1.28. The van der Waals surface area contributed by atoms with Crippen LogP contribution in [-0.2, 0) is 14.9 Å². The molecule has 4 rings (SSSR count). The zero-order valence-electron chi connectivity index (χ0n) is 17.3. The van der Waals surface area contributed by atoms with Gasteiger partial charge in [-0.05, 0) is 21.7 Å². The summed E-state index contributed by atoms with van der Waals surface area (Å²) in [7, 11) is 12.6. The van der Waals surface area contributed by atoms with E-state index < -0.39 is 38.8 Å². The smallest absolute Gasteiger partial charge is 0.253 e. The Morgan fingerprint density at radius 3 is 2.14 bits per heavy atom. The zero-order chi connectivity index (χ0) is 21.2. The molecule has 3 atom stereocenters. The molecule has 3 aliphatic heterocycles. The lowest BCUT2D eigenvalue weighted by atomic mass is 9.15. The van der Waals surface area contributed by atoms with Crippen LogP contribution in [-0.4, -0.2) is 90.3 Å². The Balaban J connectivity index is 2.10.